The van der Waals surface area contributed by atoms with E-state index in [2.05, 4.69) is 91.8 Å². The van der Waals surface area contributed by atoms with Gasteiger partial charge in [0, 0.05) is 71.6 Å². The van der Waals surface area contributed by atoms with Gasteiger partial charge in [-0.25, -0.2) is 8.78 Å². The smallest absolute Gasteiger partial charge is 0.207 e. The van der Waals surface area contributed by atoms with Crippen LogP contribution in [0.25, 0.3) is 0 Å². The lowest BCUT2D eigenvalue weighted by molar-refractivity contribution is -0.129. The van der Waals surface area contributed by atoms with E-state index in [1.165, 1.54) is 98.8 Å². The van der Waals surface area contributed by atoms with Crippen LogP contribution < -0.4 is 45.9 Å². The van der Waals surface area contributed by atoms with E-state index in [1.807, 2.05) is 57.2 Å². The second kappa shape index (κ2) is 29.0. The number of carbonyl (C=O) groups is 2. The maximum absolute atomic E-state index is 13.7. The standard InChI is InChI=1S/2C22H25FN6O3S.C11H15N7S/c2*1-13-4-7-19(26-25-13)29-9-8-15(12-29)24-22-28-27-20(33-22)11-17(30)21(32-3)14-5-6-16(23)18(10-14)31-2;1-7-2-3-9(15-14-7)18-5-4-8(6-18)13-11-17-16-10(12)19-11/h2*4-7,10,15,21H,8-9,11-12H2,1-3H3,(H,24,28);2-3,8H,4-6H2,1H3,(H2,12,16)(H,13,17)/t15-,21+;15-,21-;8-/m111/s1. The van der Waals surface area contributed by atoms with Crippen molar-refractivity contribution in [1.29, 1.82) is 0 Å². The monoisotopic (exact) mass is 1220 g/mol. The molecule has 11 rings (SSSR count). The summed E-state index contributed by atoms with van der Waals surface area (Å²) < 4.78 is 48.2. The Labute approximate surface area is 501 Å². The molecule has 0 saturated carbocycles. The van der Waals surface area contributed by atoms with Crippen molar-refractivity contribution in [3.63, 3.8) is 0 Å². The molecule has 30 heteroatoms. The molecule has 5 atom stereocenters. The van der Waals surface area contributed by atoms with Crippen molar-refractivity contribution in [2.24, 2.45) is 0 Å². The molecule has 85 heavy (non-hydrogen) atoms. The lowest BCUT2D eigenvalue weighted by atomic mass is 10.0. The number of nitrogen functional groups attached to an aromatic ring is 1. The third kappa shape index (κ3) is 16.5. The average molecular weight is 1220 g/mol. The highest BCUT2D eigenvalue weighted by molar-refractivity contribution is 7.18. The number of ether oxygens (including phenoxy) is 4. The van der Waals surface area contributed by atoms with Crippen LogP contribution in [0.2, 0.25) is 0 Å². The fourth-order valence-corrected chi connectivity index (χ4v) is 11.8. The summed E-state index contributed by atoms with van der Waals surface area (Å²) in [6.45, 7) is 10.9. The second-order valence-corrected chi connectivity index (χ2v) is 23.2. The maximum atomic E-state index is 13.7. The van der Waals surface area contributed by atoms with Crippen molar-refractivity contribution < 1.29 is 37.3 Å². The number of hydrogen-bond donors (Lipinski definition) is 4. The number of hydrogen-bond acceptors (Lipinski definition) is 28. The van der Waals surface area contributed by atoms with Crippen molar-refractivity contribution in [3.05, 3.63) is 123 Å². The molecule has 3 saturated heterocycles. The zero-order valence-electron chi connectivity index (χ0n) is 47.8. The quantitative estimate of drug-likeness (QED) is 0.0571. The molecule has 0 spiro atoms. The van der Waals surface area contributed by atoms with Gasteiger partial charge in [-0.05, 0) is 112 Å². The number of benzene rings is 2. The van der Waals surface area contributed by atoms with Crippen LogP contribution in [0.4, 0.5) is 46.8 Å². The van der Waals surface area contributed by atoms with Gasteiger partial charge in [0.05, 0.1) is 44.1 Å². The van der Waals surface area contributed by atoms with Gasteiger partial charge >= 0.3 is 0 Å². The van der Waals surface area contributed by atoms with Gasteiger partial charge < -0.3 is 55.3 Å². The van der Waals surface area contributed by atoms with E-state index in [1.54, 1.807) is 0 Å². The van der Waals surface area contributed by atoms with Gasteiger partial charge in [-0.15, -0.1) is 45.9 Å². The number of nitrogens with zero attached hydrogens (tertiary/aromatic N) is 15. The zero-order valence-corrected chi connectivity index (χ0v) is 50.3. The Balaban J connectivity index is 0.000000158. The lowest BCUT2D eigenvalue weighted by Crippen LogP contribution is -2.26. The number of rotatable bonds is 21. The molecule has 0 unspecified atom stereocenters. The third-order valence-electron chi connectivity index (χ3n) is 13.9. The summed E-state index contributed by atoms with van der Waals surface area (Å²) >= 11 is 4.05. The molecule has 25 nitrogen and oxygen atoms in total. The molecule has 0 amide bonds. The summed E-state index contributed by atoms with van der Waals surface area (Å²) in [5.41, 5.74) is 9.31. The zero-order chi connectivity index (χ0) is 60.0. The number of nitrogens with one attached hydrogen (secondary N) is 3. The fraction of sp³-hybridized carbons (Fsp3) is 0.418. The molecular formula is C55H65F2N19O6S3. The predicted octanol–water partition coefficient (Wildman–Crippen LogP) is 6.86. The van der Waals surface area contributed by atoms with E-state index in [0.717, 1.165) is 98.2 Å². The first kappa shape index (κ1) is 61.2. The van der Waals surface area contributed by atoms with Gasteiger partial charge in [0.2, 0.25) is 20.5 Å². The van der Waals surface area contributed by atoms with Crippen LogP contribution in [0, 0.1) is 32.4 Å². The fourth-order valence-electron chi connectivity index (χ4n) is 9.59. The van der Waals surface area contributed by atoms with Gasteiger partial charge in [-0.3, -0.25) is 9.59 Å². The molecule has 8 aromatic rings. The number of aryl methyl sites for hydroxylation is 3. The van der Waals surface area contributed by atoms with Crippen LogP contribution in [0.3, 0.4) is 0 Å². The minimum absolute atomic E-state index is 0.0620. The van der Waals surface area contributed by atoms with Crippen LogP contribution in [0.1, 0.15) is 69.7 Å². The van der Waals surface area contributed by atoms with E-state index in [0.29, 0.717) is 42.6 Å². The van der Waals surface area contributed by atoms with Crippen LogP contribution in [0.5, 0.6) is 11.5 Å². The molecule has 0 bridgehead atoms. The number of nitrogens with two attached hydrogens (primary N) is 1. The molecular weight excluding hydrogens is 1160 g/mol. The van der Waals surface area contributed by atoms with E-state index in [4.69, 9.17) is 24.7 Å². The van der Waals surface area contributed by atoms with Crippen LogP contribution in [-0.2, 0) is 31.9 Å². The van der Waals surface area contributed by atoms with Crippen molar-refractivity contribution in [2.75, 3.05) is 104 Å². The number of methoxy groups -OCH3 is 4. The Kier molecular flexibility index (Phi) is 20.9. The van der Waals surface area contributed by atoms with E-state index >= 15 is 0 Å². The number of anilines is 7. The number of halogens is 2. The Morgan fingerprint density at radius 2 is 0.882 bits per heavy atom. The first-order chi connectivity index (χ1) is 41.1. The summed E-state index contributed by atoms with van der Waals surface area (Å²) in [4.78, 5) is 32.3. The first-order valence-electron chi connectivity index (χ1n) is 27.1. The summed E-state index contributed by atoms with van der Waals surface area (Å²) in [6.07, 6.45) is 1.33. The van der Waals surface area contributed by atoms with Crippen LogP contribution in [0.15, 0.2) is 72.8 Å². The molecule has 6 aromatic heterocycles. The Hall–Kier alpha value is -8.32. The molecule has 0 radical (unpaired) electrons. The lowest BCUT2D eigenvalue weighted by Gasteiger charge is -2.17. The van der Waals surface area contributed by atoms with Crippen molar-refractivity contribution >= 4 is 83.6 Å². The number of aromatic nitrogens is 12. The van der Waals surface area contributed by atoms with Gasteiger partial charge in [0.25, 0.3) is 0 Å². The Morgan fingerprint density at radius 1 is 0.518 bits per heavy atom. The highest BCUT2D eigenvalue weighted by atomic mass is 32.1. The van der Waals surface area contributed by atoms with Crippen molar-refractivity contribution in [1.82, 2.24) is 61.2 Å². The topological polar surface area (TPSA) is 298 Å². The normalized spacial score (nSPS) is 17.1. The Bertz CT molecular complexity index is 3300. The van der Waals surface area contributed by atoms with Crippen LogP contribution >= 0.6 is 34.0 Å². The third-order valence-corrected chi connectivity index (χ3v) is 16.3. The molecule has 9 heterocycles. The summed E-state index contributed by atoms with van der Waals surface area (Å²) in [5.74, 6) is 1.38. The highest BCUT2D eigenvalue weighted by Gasteiger charge is 2.30. The van der Waals surface area contributed by atoms with Gasteiger partial charge in [0.1, 0.15) is 22.2 Å². The van der Waals surface area contributed by atoms with E-state index in [-0.39, 0.29) is 48.0 Å². The second-order valence-electron chi connectivity index (χ2n) is 20.1. The summed E-state index contributed by atoms with van der Waals surface area (Å²) in [5, 5.41) is 63.4. The minimum atomic E-state index is -0.848. The average Bonchev–Trinajstić information content (AvgIpc) is 4.59. The number of carbonyl (C=O) groups excluding carboxylic acids is 2. The Morgan fingerprint density at radius 3 is 1.20 bits per heavy atom. The molecule has 2 aromatic carbocycles. The number of Topliss-reactive ketones (excluding diaryl/α,β-unsaturated/α-hetero) is 2. The summed E-state index contributed by atoms with van der Waals surface area (Å²) in [7, 11) is 5.63. The highest BCUT2D eigenvalue weighted by Crippen LogP contribution is 2.31. The largest absolute Gasteiger partial charge is 0.494 e. The number of ketones is 2. The van der Waals surface area contributed by atoms with Crippen molar-refractivity contribution in [2.45, 2.75) is 83.2 Å². The van der Waals surface area contributed by atoms with Crippen LogP contribution in [-0.4, -0.2) is 159 Å². The molecule has 3 aliphatic rings. The van der Waals surface area contributed by atoms with Gasteiger partial charge in [-0.1, -0.05) is 46.1 Å². The maximum Gasteiger partial charge on any atom is 0.207 e. The van der Waals surface area contributed by atoms with E-state index in [9.17, 15) is 18.4 Å². The van der Waals surface area contributed by atoms with E-state index < -0.39 is 23.8 Å². The molecule has 448 valence electrons. The van der Waals surface area contributed by atoms with Crippen molar-refractivity contribution in [3.8, 4) is 11.5 Å². The summed E-state index contributed by atoms with van der Waals surface area (Å²) in [6, 6.07) is 21.1. The molecule has 3 aliphatic heterocycles. The minimum Gasteiger partial charge on any atom is -0.494 e. The van der Waals surface area contributed by atoms with Gasteiger partial charge in [0.15, 0.2) is 52.2 Å². The predicted molar refractivity (Wildman–Crippen MR) is 320 cm³/mol. The first-order valence-corrected chi connectivity index (χ1v) is 29.6. The molecule has 0 aliphatic carbocycles. The molecule has 3 fully saturated rings. The SMILES string of the molecule is COc1cc([C@@H](OC)C(=O)Cc2nnc(N[C@@H]3CCN(c4ccc(C)nn4)C3)s2)ccc1F.COc1cc([C@H](OC)C(=O)Cc2nnc(N[C@@H]3CCN(c4ccc(C)nn4)C3)s2)ccc1F.Cc1ccc(N2CC[C@@H](Nc3nnc(N)s3)C2)nn1. The molecule has 5 N–H and O–H groups in total. The van der Waals surface area contributed by atoms with Gasteiger partial charge in [-0.2, -0.15) is 15.3 Å².